The van der Waals surface area contributed by atoms with Gasteiger partial charge in [-0.05, 0) is 61.3 Å². The van der Waals surface area contributed by atoms with E-state index in [1.54, 1.807) is 5.06 Å². The van der Waals surface area contributed by atoms with Crippen LogP contribution in [-0.2, 0) is 9.63 Å². The molecule has 1 saturated heterocycles. The van der Waals surface area contributed by atoms with Gasteiger partial charge in [-0.3, -0.25) is 9.63 Å². The minimum absolute atomic E-state index is 0.00637. The molecule has 3 aliphatic rings. The molecule has 1 aromatic rings. The number of hydrogen-bond acceptors (Lipinski definition) is 2. The first-order chi connectivity index (χ1) is 12.5. The van der Waals surface area contributed by atoms with Crippen LogP contribution in [0.3, 0.4) is 0 Å². The normalized spacial score (nSPS) is 39.8. The molecule has 3 fully saturated rings. The minimum Gasteiger partial charge on any atom is -0.273 e. The third-order valence-corrected chi connectivity index (χ3v) is 7.71. The van der Waals surface area contributed by atoms with Crippen LogP contribution in [0.15, 0.2) is 30.3 Å². The summed E-state index contributed by atoms with van der Waals surface area (Å²) in [5, 5.41) is 1.72. The van der Waals surface area contributed by atoms with Crippen molar-refractivity contribution in [3.63, 3.8) is 0 Å². The Balaban J connectivity index is 1.83. The lowest BCUT2D eigenvalue weighted by Crippen LogP contribution is -2.51. The second-order valence-corrected chi connectivity index (χ2v) is 9.67. The van der Waals surface area contributed by atoms with Crippen molar-refractivity contribution in [2.24, 2.45) is 17.3 Å². The van der Waals surface area contributed by atoms with Crippen LogP contribution in [-0.4, -0.2) is 22.5 Å². The fraction of sp³-hybridized carbons (Fsp3) is 0.682. The number of rotatable bonds is 2. The van der Waals surface area contributed by atoms with Gasteiger partial charge in [0, 0.05) is 11.3 Å². The highest BCUT2D eigenvalue weighted by Crippen LogP contribution is 2.61. The average molecular weight is 376 g/mol. The van der Waals surface area contributed by atoms with Crippen LogP contribution in [0.5, 0.6) is 0 Å². The lowest BCUT2D eigenvalue weighted by Gasteiger charge is -2.55. The van der Waals surface area contributed by atoms with Crippen molar-refractivity contribution in [2.45, 2.75) is 69.7 Å². The van der Waals surface area contributed by atoms with E-state index in [9.17, 15) is 4.79 Å². The quantitative estimate of drug-likeness (QED) is 0.639. The number of carbonyl (C=O) groups excluding carboxylic acids is 1. The molecule has 2 unspecified atom stereocenters. The second kappa shape index (κ2) is 6.83. The molecule has 2 saturated carbocycles. The number of fused-ring (bicyclic) bond motifs is 2. The van der Waals surface area contributed by atoms with Crippen LogP contribution in [0.4, 0.5) is 0 Å². The number of halogens is 1. The van der Waals surface area contributed by atoms with Gasteiger partial charge in [0.25, 0.3) is 0 Å². The lowest BCUT2D eigenvalue weighted by atomic mass is 9.53. The Bertz CT molecular complexity index is 665. The minimum atomic E-state index is -0.165. The number of benzene rings is 1. The zero-order valence-electron chi connectivity index (χ0n) is 15.9. The monoisotopic (exact) mass is 375 g/mol. The molecule has 0 spiro atoms. The Hall–Kier alpha value is -1.06. The van der Waals surface area contributed by atoms with E-state index in [0.717, 1.165) is 31.6 Å². The summed E-state index contributed by atoms with van der Waals surface area (Å²) in [5.74, 6) is 1.33. The van der Waals surface area contributed by atoms with Crippen LogP contribution < -0.4 is 0 Å². The molecule has 3 bridgehead atoms. The SMILES string of the molecule is CCC(=O)N1OCC[C@]2(Cl)CC3CC[C@](C)(C(C3)C2)[C@@H]1c1ccccc1. The topological polar surface area (TPSA) is 29.5 Å². The number of carbonyl (C=O) groups is 1. The highest BCUT2D eigenvalue weighted by atomic mass is 35.5. The fourth-order valence-corrected chi connectivity index (χ4v) is 6.29. The summed E-state index contributed by atoms with van der Waals surface area (Å²) >= 11 is 7.08. The zero-order chi connectivity index (χ0) is 18.4. The highest BCUT2D eigenvalue weighted by Gasteiger charge is 2.55. The molecule has 0 N–H and O–H groups in total. The maximum atomic E-state index is 12.9. The molecule has 2 aliphatic carbocycles. The van der Waals surface area contributed by atoms with E-state index >= 15 is 0 Å². The van der Waals surface area contributed by atoms with Gasteiger partial charge >= 0.3 is 0 Å². The van der Waals surface area contributed by atoms with Crippen molar-refractivity contribution in [1.82, 2.24) is 5.06 Å². The Kier molecular flexibility index (Phi) is 4.81. The first kappa shape index (κ1) is 18.3. The summed E-state index contributed by atoms with van der Waals surface area (Å²) < 4.78 is 0. The van der Waals surface area contributed by atoms with Crippen molar-refractivity contribution >= 4 is 17.5 Å². The Morgan fingerprint density at radius 2 is 2.04 bits per heavy atom. The van der Waals surface area contributed by atoms with Gasteiger partial charge in [-0.15, -0.1) is 11.6 Å². The molecule has 0 radical (unpaired) electrons. The predicted octanol–water partition coefficient (Wildman–Crippen LogP) is 5.50. The third kappa shape index (κ3) is 3.07. The average Bonchev–Trinajstić information content (AvgIpc) is 2.65. The zero-order valence-corrected chi connectivity index (χ0v) is 16.7. The fourth-order valence-electron chi connectivity index (χ4n) is 5.81. The third-order valence-electron chi connectivity index (χ3n) is 7.21. The standard InChI is InChI=1S/C22H30ClNO2/c1-3-19(25)24-20(17-7-5-4-6-8-17)21(2)10-9-16-13-18(21)15-22(23,14-16)11-12-26-24/h4-8,16,18,20H,3,9-15H2,1-2H3/t16?,18?,20-,21+,22-/m0/s1. The molecule has 3 nitrogen and oxygen atoms in total. The maximum Gasteiger partial charge on any atom is 0.246 e. The molecule has 5 atom stereocenters. The van der Waals surface area contributed by atoms with E-state index in [4.69, 9.17) is 16.4 Å². The summed E-state index contributed by atoms with van der Waals surface area (Å²) in [6.07, 6.45) is 7.00. The van der Waals surface area contributed by atoms with E-state index < -0.39 is 0 Å². The molecule has 142 valence electrons. The number of hydrogen-bond donors (Lipinski definition) is 0. The van der Waals surface area contributed by atoms with Crippen LogP contribution in [0.25, 0.3) is 0 Å². The summed E-state index contributed by atoms with van der Waals surface area (Å²) in [7, 11) is 0. The molecule has 1 aromatic carbocycles. The number of hydroxylamine groups is 2. The molecular weight excluding hydrogens is 346 g/mol. The summed E-state index contributed by atoms with van der Waals surface area (Å²) in [4.78, 5) is 18.9. The van der Waals surface area contributed by atoms with Crippen molar-refractivity contribution in [3.05, 3.63) is 35.9 Å². The molecular formula is C22H30ClNO2. The molecule has 26 heavy (non-hydrogen) atoms. The van der Waals surface area contributed by atoms with Crippen LogP contribution in [0.2, 0.25) is 0 Å². The van der Waals surface area contributed by atoms with Gasteiger partial charge < -0.3 is 0 Å². The summed E-state index contributed by atoms with van der Waals surface area (Å²) in [6.45, 7) is 4.81. The number of amides is 1. The predicted molar refractivity (Wildman–Crippen MR) is 104 cm³/mol. The van der Waals surface area contributed by atoms with Crippen molar-refractivity contribution < 1.29 is 9.63 Å². The van der Waals surface area contributed by atoms with E-state index in [2.05, 4.69) is 31.2 Å². The van der Waals surface area contributed by atoms with Gasteiger partial charge in [0.15, 0.2) is 0 Å². The van der Waals surface area contributed by atoms with Gasteiger partial charge in [0.2, 0.25) is 5.91 Å². The van der Waals surface area contributed by atoms with Gasteiger partial charge in [-0.2, -0.15) is 0 Å². The Morgan fingerprint density at radius 1 is 1.27 bits per heavy atom. The largest absolute Gasteiger partial charge is 0.273 e. The first-order valence-electron chi connectivity index (χ1n) is 10.1. The van der Waals surface area contributed by atoms with Gasteiger partial charge in [-0.1, -0.05) is 44.2 Å². The highest BCUT2D eigenvalue weighted by molar-refractivity contribution is 6.24. The van der Waals surface area contributed by atoms with Crippen LogP contribution in [0.1, 0.15) is 70.4 Å². The second-order valence-electron chi connectivity index (χ2n) is 8.87. The van der Waals surface area contributed by atoms with E-state index in [0.29, 0.717) is 18.9 Å². The summed E-state index contributed by atoms with van der Waals surface area (Å²) in [5.41, 5.74) is 1.18. The molecule has 0 aromatic heterocycles. The Morgan fingerprint density at radius 3 is 2.77 bits per heavy atom. The van der Waals surface area contributed by atoms with Crippen molar-refractivity contribution in [1.29, 1.82) is 0 Å². The molecule has 1 heterocycles. The van der Waals surface area contributed by atoms with Crippen LogP contribution in [0, 0.1) is 17.3 Å². The first-order valence-corrected chi connectivity index (χ1v) is 10.5. The summed E-state index contributed by atoms with van der Waals surface area (Å²) in [6, 6.07) is 10.4. The van der Waals surface area contributed by atoms with Gasteiger partial charge in [-0.25, -0.2) is 5.06 Å². The number of nitrogens with zero attached hydrogens (tertiary/aromatic N) is 1. The van der Waals surface area contributed by atoms with Crippen molar-refractivity contribution in [3.8, 4) is 0 Å². The molecule has 1 amide bonds. The van der Waals surface area contributed by atoms with E-state index in [1.807, 2.05) is 13.0 Å². The Labute approximate surface area is 162 Å². The maximum absolute atomic E-state index is 12.9. The smallest absolute Gasteiger partial charge is 0.246 e. The molecule has 4 rings (SSSR count). The van der Waals surface area contributed by atoms with Crippen LogP contribution >= 0.6 is 11.6 Å². The van der Waals surface area contributed by atoms with E-state index in [-0.39, 0.29) is 22.2 Å². The molecule has 1 aliphatic heterocycles. The molecule has 4 heteroatoms. The van der Waals surface area contributed by atoms with Crippen molar-refractivity contribution in [2.75, 3.05) is 6.61 Å². The van der Waals surface area contributed by atoms with Gasteiger partial charge in [0.1, 0.15) is 0 Å². The number of alkyl halides is 1. The van der Waals surface area contributed by atoms with Gasteiger partial charge in [0.05, 0.1) is 12.6 Å². The van der Waals surface area contributed by atoms with E-state index in [1.165, 1.54) is 18.4 Å². The lowest BCUT2D eigenvalue weighted by molar-refractivity contribution is -0.221.